The second-order valence-corrected chi connectivity index (χ2v) is 5.70. The van der Waals surface area contributed by atoms with Gasteiger partial charge in [0.2, 0.25) is 0 Å². The van der Waals surface area contributed by atoms with Crippen molar-refractivity contribution in [1.29, 1.82) is 5.26 Å². The lowest BCUT2D eigenvalue weighted by molar-refractivity contribution is -0.136. The molecule has 25 heavy (non-hydrogen) atoms. The molecule has 0 atom stereocenters. The van der Waals surface area contributed by atoms with Crippen LogP contribution in [-0.4, -0.2) is 19.2 Å². The van der Waals surface area contributed by atoms with Crippen molar-refractivity contribution in [3.05, 3.63) is 53.6 Å². The summed E-state index contributed by atoms with van der Waals surface area (Å²) in [5.74, 6) is 1.08. The smallest absolute Gasteiger partial charge is 0.349 e. The van der Waals surface area contributed by atoms with Gasteiger partial charge in [0.05, 0.1) is 18.2 Å². The number of benzene rings is 2. The van der Waals surface area contributed by atoms with Crippen molar-refractivity contribution in [2.45, 2.75) is 26.7 Å². The van der Waals surface area contributed by atoms with Gasteiger partial charge in [-0.1, -0.05) is 26.0 Å². The molecule has 0 aliphatic rings. The summed E-state index contributed by atoms with van der Waals surface area (Å²) in [6.45, 7) is 6.18. The molecule has 0 spiro atoms. The van der Waals surface area contributed by atoms with E-state index in [0.717, 1.165) is 5.56 Å². The normalized spacial score (nSPS) is 10.2. The first-order valence-electron chi connectivity index (χ1n) is 8.14. The maximum Gasteiger partial charge on any atom is 0.349 e. The summed E-state index contributed by atoms with van der Waals surface area (Å²) in [7, 11) is 0. The lowest BCUT2D eigenvalue weighted by Crippen LogP contribution is -2.18. The Morgan fingerprint density at radius 3 is 2.60 bits per heavy atom. The van der Waals surface area contributed by atoms with Crippen molar-refractivity contribution in [2.24, 2.45) is 0 Å². The average molecular weight is 339 g/mol. The van der Waals surface area contributed by atoms with Crippen molar-refractivity contribution in [1.82, 2.24) is 0 Å². The van der Waals surface area contributed by atoms with Crippen LogP contribution in [0.4, 0.5) is 0 Å². The van der Waals surface area contributed by atoms with Crippen LogP contribution in [0, 0.1) is 11.3 Å². The molecule has 130 valence electrons. The molecule has 0 saturated carbocycles. The van der Waals surface area contributed by atoms with Gasteiger partial charge in [-0.05, 0) is 42.7 Å². The highest BCUT2D eigenvalue weighted by molar-refractivity contribution is 5.75. The molecule has 0 fully saturated rings. The largest absolute Gasteiger partial charge is 0.490 e. The fourth-order valence-electron chi connectivity index (χ4n) is 2.19. The van der Waals surface area contributed by atoms with E-state index < -0.39 is 5.97 Å². The Bertz CT molecular complexity index is 778. The zero-order chi connectivity index (χ0) is 18.2. The minimum absolute atomic E-state index is 0.215. The summed E-state index contributed by atoms with van der Waals surface area (Å²) in [6.07, 6.45) is 0. The first kappa shape index (κ1) is 18.3. The summed E-state index contributed by atoms with van der Waals surface area (Å²) in [4.78, 5) is 12.0. The number of carbonyl (C=O) groups is 1. The zero-order valence-corrected chi connectivity index (χ0v) is 14.6. The van der Waals surface area contributed by atoms with Crippen molar-refractivity contribution in [3.63, 3.8) is 0 Å². The van der Waals surface area contributed by atoms with E-state index in [9.17, 15) is 4.79 Å². The van der Waals surface area contributed by atoms with Crippen molar-refractivity contribution in [2.75, 3.05) is 13.2 Å². The second-order valence-electron chi connectivity index (χ2n) is 5.70. The van der Waals surface area contributed by atoms with Crippen LogP contribution < -0.4 is 14.2 Å². The van der Waals surface area contributed by atoms with E-state index in [2.05, 4.69) is 13.8 Å². The van der Waals surface area contributed by atoms with Gasteiger partial charge in [0, 0.05) is 6.07 Å². The van der Waals surface area contributed by atoms with E-state index in [1.54, 1.807) is 24.3 Å². The minimum Gasteiger partial charge on any atom is -0.490 e. The zero-order valence-electron chi connectivity index (χ0n) is 14.6. The summed E-state index contributed by atoms with van der Waals surface area (Å²) in [5, 5.41) is 8.94. The van der Waals surface area contributed by atoms with Gasteiger partial charge in [0.25, 0.3) is 0 Å². The molecule has 0 saturated heterocycles. The summed E-state index contributed by atoms with van der Waals surface area (Å²) in [5.41, 5.74) is 1.57. The van der Waals surface area contributed by atoms with Crippen molar-refractivity contribution < 1.29 is 19.0 Å². The number of hydrogen-bond acceptors (Lipinski definition) is 5. The van der Waals surface area contributed by atoms with Gasteiger partial charge >= 0.3 is 5.97 Å². The van der Waals surface area contributed by atoms with Crippen LogP contribution in [0.1, 0.15) is 37.8 Å². The van der Waals surface area contributed by atoms with Gasteiger partial charge in [-0.15, -0.1) is 0 Å². The quantitative estimate of drug-likeness (QED) is 0.562. The molecule has 0 heterocycles. The number of nitrogens with zero attached hydrogens (tertiary/aromatic N) is 1. The molecule has 5 heteroatoms. The molecule has 0 aliphatic heterocycles. The van der Waals surface area contributed by atoms with Crippen molar-refractivity contribution in [3.8, 4) is 23.3 Å². The molecule has 0 radical (unpaired) electrons. The predicted octanol–water partition coefficient (Wildman–Crippen LogP) is 4.06. The molecule has 2 aromatic rings. The molecular formula is C20H21NO4. The monoisotopic (exact) mass is 339 g/mol. The van der Waals surface area contributed by atoms with E-state index in [4.69, 9.17) is 19.5 Å². The van der Waals surface area contributed by atoms with Gasteiger partial charge in [-0.2, -0.15) is 5.26 Å². The number of rotatable bonds is 7. The van der Waals surface area contributed by atoms with Crippen LogP contribution >= 0.6 is 0 Å². The molecule has 5 nitrogen and oxygen atoms in total. The minimum atomic E-state index is -0.541. The molecule has 0 amide bonds. The number of nitriles is 1. The molecule has 2 aromatic carbocycles. The predicted molar refractivity (Wildman–Crippen MR) is 94.0 cm³/mol. The van der Waals surface area contributed by atoms with Crippen molar-refractivity contribution >= 4 is 5.97 Å². The lowest BCUT2D eigenvalue weighted by atomic mass is 10.0. The van der Waals surface area contributed by atoms with E-state index in [-0.39, 0.29) is 12.4 Å². The Balaban J connectivity index is 2.01. The van der Waals surface area contributed by atoms with Gasteiger partial charge in [-0.25, -0.2) is 4.79 Å². The topological polar surface area (TPSA) is 68.5 Å². The Morgan fingerprint density at radius 2 is 1.92 bits per heavy atom. The van der Waals surface area contributed by atoms with Crippen LogP contribution in [0.15, 0.2) is 42.5 Å². The SMILES string of the molecule is CCOc1cc(C#N)ccc1OC(=O)COc1cccc(C(C)C)c1. The van der Waals surface area contributed by atoms with Crippen LogP contribution in [0.2, 0.25) is 0 Å². The molecule has 0 aromatic heterocycles. The fourth-order valence-corrected chi connectivity index (χ4v) is 2.19. The maximum absolute atomic E-state index is 12.0. The van der Waals surface area contributed by atoms with Gasteiger partial charge < -0.3 is 14.2 Å². The lowest BCUT2D eigenvalue weighted by Gasteiger charge is -2.12. The Labute approximate surface area is 147 Å². The van der Waals surface area contributed by atoms with Crippen LogP contribution in [-0.2, 0) is 4.79 Å². The Hall–Kier alpha value is -3.00. The van der Waals surface area contributed by atoms with Gasteiger partial charge in [0.1, 0.15) is 5.75 Å². The van der Waals surface area contributed by atoms with Gasteiger partial charge in [0.15, 0.2) is 18.1 Å². The third-order valence-electron chi connectivity index (χ3n) is 3.48. The molecular weight excluding hydrogens is 318 g/mol. The Kier molecular flexibility index (Phi) is 6.41. The van der Waals surface area contributed by atoms with Crippen LogP contribution in [0.5, 0.6) is 17.2 Å². The van der Waals surface area contributed by atoms with Gasteiger partial charge in [-0.3, -0.25) is 0 Å². The molecule has 2 rings (SSSR count). The maximum atomic E-state index is 12.0. The van der Waals surface area contributed by atoms with E-state index >= 15 is 0 Å². The highest BCUT2D eigenvalue weighted by Crippen LogP contribution is 2.28. The summed E-state index contributed by atoms with van der Waals surface area (Å²) < 4.78 is 16.2. The summed E-state index contributed by atoms with van der Waals surface area (Å²) >= 11 is 0. The first-order valence-corrected chi connectivity index (χ1v) is 8.14. The molecule has 0 unspecified atom stereocenters. The number of carbonyl (C=O) groups excluding carboxylic acids is 1. The summed E-state index contributed by atoms with van der Waals surface area (Å²) in [6, 6.07) is 14.3. The Morgan fingerprint density at radius 1 is 1.12 bits per heavy atom. The standard InChI is InChI=1S/C20H21NO4/c1-4-23-19-10-15(12-21)8-9-18(19)25-20(22)13-24-17-7-5-6-16(11-17)14(2)3/h5-11,14H,4,13H2,1-3H3. The van der Waals surface area contributed by atoms with E-state index in [0.29, 0.717) is 29.6 Å². The third-order valence-corrected chi connectivity index (χ3v) is 3.48. The van der Waals surface area contributed by atoms with Crippen LogP contribution in [0.3, 0.4) is 0 Å². The van der Waals surface area contributed by atoms with E-state index in [1.165, 1.54) is 0 Å². The number of esters is 1. The molecule has 0 N–H and O–H groups in total. The first-order chi connectivity index (χ1) is 12.0. The molecule has 0 bridgehead atoms. The molecule has 0 aliphatic carbocycles. The number of hydrogen-bond donors (Lipinski definition) is 0. The van der Waals surface area contributed by atoms with Crippen LogP contribution in [0.25, 0.3) is 0 Å². The average Bonchev–Trinajstić information content (AvgIpc) is 2.62. The second kappa shape index (κ2) is 8.74. The number of ether oxygens (including phenoxy) is 3. The van der Waals surface area contributed by atoms with E-state index in [1.807, 2.05) is 31.2 Å². The third kappa shape index (κ3) is 5.25. The highest BCUT2D eigenvalue weighted by atomic mass is 16.6. The fraction of sp³-hybridized carbons (Fsp3) is 0.300. The highest BCUT2D eigenvalue weighted by Gasteiger charge is 2.12.